The minimum atomic E-state index is -0.466. The summed E-state index contributed by atoms with van der Waals surface area (Å²) in [6.45, 7) is 5.86. The van der Waals surface area contributed by atoms with Crippen LogP contribution in [-0.2, 0) is 19.1 Å². The molecule has 0 aromatic heterocycles. The molecule has 3 atom stereocenters. The molecule has 0 aromatic rings. The zero-order valence-corrected chi connectivity index (χ0v) is 13.5. The summed E-state index contributed by atoms with van der Waals surface area (Å²) in [5.41, 5.74) is 1.26. The molecule has 0 saturated heterocycles. The molecule has 0 heterocycles. The lowest BCUT2D eigenvalue weighted by atomic mass is 10.1. The highest BCUT2D eigenvalue weighted by Gasteiger charge is 2.61. The lowest BCUT2D eigenvalue weighted by molar-refractivity contribution is -0.150. The number of hydrogen-bond donors (Lipinski definition) is 0. The first-order valence-corrected chi connectivity index (χ1v) is 7.40. The van der Waals surface area contributed by atoms with Crippen molar-refractivity contribution in [3.05, 3.63) is 23.5 Å². The number of Topliss-reactive ketones (excluding diaryl/α,β-unsaturated/α-hetero) is 1. The van der Waals surface area contributed by atoms with Crippen LogP contribution in [0.1, 0.15) is 33.6 Å². The molecule has 1 fully saturated rings. The van der Waals surface area contributed by atoms with Gasteiger partial charge in [-0.15, -0.1) is 12.3 Å². The van der Waals surface area contributed by atoms with Crippen LogP contribution in [0.2, 0.25) is 0 Å². The number of ketones is 1. The fourth-order valence-corrected chi connectivity index (χ4v) is 3.19. The van der Waals surface area contributed by atoms with Crippen LogP contribution in [0.25, 0.3) is 0 Å². The van der Waals surface area contributed by atoms with Crippen LogP contribution in [0.15, 0.2) is 23.5 Å². The first kappa shape index (κ1) is 16.4. The van der Waals surface area contributed by atoms with Gasteiger partial charge in [0.05, 0.1) is 25.7 Å². The van der Waals surface area contributed by atoms with Gasteiger partial charge < -0.3 is 9.47 Å². The Morgan fingerprint density at radius 2 is 2.18 bits per heavy atom. The van der Waals surface area contributed by atoms with Crippen LogP contribution < -0.4 is 0 Å². The summed E-state index contributed by atoms with van der Waals surface area (Å²) in [4.78, 5) is 24.3. The SMILES string of the molecule is C#CCC1=C(C)C(OC(=O)[C@@H]2[C@@H](/C=C/OC)C2(C)C)CC1=O. The monoisotopic (exact) mass is 302 g/mol. The summed E-state index contributed by atoms with van der Waals surface area (Å²) in [6.07, 6.45) is 8.79. The molecule has 22 heavy (non-hydrogen) atoms. The van der Waals surface area contributed by atoms with Gasteiger partial charge in [-0.2, -0.15) is 0 Å². The van der Waals surface area contributed by atoms with Crippen LogP contribution in [0, 0.1) is 29.6 Å². The molecule has 0 aliphatic heterocycles. The Hall–Kier alpha value is -2.02. The summed E-state index contributed by atoms with van der Waals surface area (Å²) in [6, 6.07) is 0. The largest absolute Gasteiger partial charge is 0.505 e. The molecule has 0 spiro atoms. The van der Waals surface area contributed by atoms with Crippen molar-refractivity contribution in [2.45, 2.75) is 39.7 Å². The predicted molar refractivity (Wildman–Crippen MR) is 82.6 cm³/mol. The second-order valence-corrected chi connectivity index (χ2v) is 6.48. The van der Waals surface area contributed by atoms with E-state index < -0.39 is 6.10 Å². The van der Waals surface area contributed by atoms with E-state index in [4.69, 9.17) is 15.9 Å². The van der Waals surface area contributed by atoms with E-state index in [1.165, 1.54) is 0 Å². The Kier molecular flexibility index (Phi) is 4.46. The van der Waals surface area contributed by atoms with E-state index in [1.807, 2.05) is 26.8 Å². The van der Waals surface area contributed by atoms with E-state index in [0.717, 1.165) is 5.57 Å². The molecule has 0 bridgehead atoms. The van der Waals surface area contributed by atoms with E-state index >= 15 is 0 Å². The lowest BCUT2D eigenvalue weighted by Crippen LogP contribution is -2.20. The third kappa shape index (κ3) is 2.81. The van der Waals surface area contributed by atoms with Crippen molar-refractivity contribution in [1.82, 2.24) is 0 Å². The van der Waals surface area contributed by atoms with Crippen LogP contribution in [0.5, 0.6) is 0 Å². The third-order valence-corrected chi connectivity index (χ3v) is 4.79. The van der Waals surface area contributed by atoms with Gasteiger partial charge in [0.1, 0.15) is 6.10 Å². The van der Waals surface area contributed by atoms with Crippen molar-refractivity contribution < 1.29 is 19.1 Å². The Labute approximate surface area is 131 Å². The van der Waals surface area contributed by atoms with Crippen LogP contribution in [-0.4, -0.2) is 25.0 Å². The fraction of sp³-hybridized carbons (Fsp3) is 0.556. The second-order valence-electron chi connectivity index (χ2n) is 6.48. The van der Waals surface area contributed by atoms with Crippen LogP contribution >= 0.6 is 0 Å². The normalized spacial score (nSPS) is 29.6. The number of carbonyl (C=O) groups excluding carboxylic acids is 2. The predicted octanol–water partition coefficient (Wildman–Crippen LogP) is 2.64. The van der Waals surface area contributed by atoms with E-state index in [-0.39, 0.29) is 35.4 Å². The van der Waals surface area contributed by atoms with Gasteiger partial charge in [-0.05, 0) is 29.9 Å². The summed E-state index contributed by atoms with van der Waals surface area (Å²) in [5.74, 6) is 2.12. The van der Waals surface area contributed by atoms with E-state index in [9.17, 15) is 9.59 Å². The number of hydrogen-bond acceptors (Lipinski definition) is 4. The highest BCUT2D eigenvalue weighted by atomic mass is 16.5. The van der Waals surface area contributed by atoms with Crippen LogP contribution in [0.3, 0.4) is 0 Å². The molecule has 1 saturated carbocycles. The average Bonchev–Trinajstić information content (AvgIpc) is 2.91. The Balaban J connectivity index is 2.04. The minimum Gasteiger partial charge on any atom is -0.505 e. The molecule has 1 unspecified atom stereocenters. The number of terminal acetylenes is 1. The zero-order valence-electron chi connectivity index (χ0n) is 13.5. The molecular weight excluding hydrogens is 280 g/mol. The smallest absolute Gasteiger partial charge is 0.310 e. The Morgan fingerprint density at radius 1 is 1.50 bits per heavy atom. The summed E-state index contributed by atoms with van der Waals surface area (Å²) >= 11 is 0. The maximum absolute atomic E-state index is 12.4. The van der Waals surface area contributed by atoms with E-state index in [1.54, 1.807) is 13.4 Å². The Morgan fingerprint density at radius 3 is 2.77 bits per heavy atom. The highest BCUT2D eigenvalue weighted by Crippen LogP contribution is 2.59. The maximum atomic E-state index is 12.4. The second kappa shape index (κ2) is 6.00. The van der Waals surface area contributed by atoms with E-state index in [2.05, 4.69) is 5.92 Å². The number of allylic oxidation sites excluding steroid dienone is 2. The molecule has 118 valence electrons. The molecular formula is C18H22O4. The maximum Gasteiger partial charge on any atom is 0.310 e. The van der Waals surface area contributed by atoms with Crippen LogP contribution in [0.4, 0.5) is 0 Å². The van der Waals surface area contributed by atoms with Gasteiger partial charge in [0, 0.05) is 12.0 Å². The molecule has 2 rings (SSSR count). The van der Waals surface area contributed by atoms with Gasteiger partial charge in [-0.1, -0.05) is 13.8 Å². The van der Waals surface area contributed by atoms with Crippen molar-refractivity contribution in [3.63, 3.8) is 0 Å². The molecule has 0 N–H and O–H groups in total. The molecule has 4 heteroatoms. The van der Waals surface area contributed by atoms with Crippen molar-refractivity contribution in [2.24, 2.45) is 17.3 Å². The quantitative estimate of drug-likeness (QED) is 0.445. The van der Waals surface area contributed by atoms with Gasteiger partial charge in [0.2, 0.25) is 0 Å². The average molecular weight is 302 g/mol. The van der Waals surface area contributed by atoms with Gasteiger partial charge in [0.15, 0.2) is 5.78 Å². The number of esters is 1. The topological polar surface area (TPSA) is 52.6 Å². The standard InChI is InChI=1S/C18H22O4/c1-6-7-12-11(2)15(10-14(12)19)22-17(20)16-13(8-9-21-5)18(16,3)4/h1,8-9,13,15-16H,7,10H2,2-5H3/b9-8+/t13-,15?,16+/m1/s1. The molecule has 0 aromatic carbocycles. The van der Waals surface area contributed by atoms with Crippen molar-refractivity contribution in [2.75, 3.05) is 7.11 Å². The Bertz CT molecular complexity index is 589. The first-order valence-electron chi connectivity index (χ1n) is 7.40. The third-order valence-electron chi connectivity index (χ3n) is 4.79. The van der Waals surface area contributed by atoms with Gasteiger partial charge in [0.25, 0.3) is 0 Å². The summed E-state index contributed by atoms with van der Waals surface area (Å²) < 4.78 is 10.5. The van der Waals surface area contributed by atoms with Gasteiger partial charge in [-0.25, -0.2) is 0 Å². The number of rotatable bonds is 5. The molecule has 4 nitrogen and oxygen atoms in total. The zero-order chi connectivity index (χ0) is 16.5. The lowest BCUT2D eigenvalue weighted by Gasteiger charge is -2.13. The minimum absolute atomic E-state index is 0.0147. The molecule has 0 radical (unpaired) electrons. The summed E-state index contributed by atoms with van der Waals surface area (Å²) in [5, 5.41) is 0. The number of methoxy groups -OCH3 is 1. The van der Waals surface area contributed by atoms with Gasteiger partial charge >= 0.3 is 5.97 Å². The highest BCUT2D eigenvalue weighted by molar-refractivity contribution is 6.00. The van der Waals surface area contributed by atoms with E-state index in [0.29, 0.717) is 12.0 Å². The van der Waals surface area contributed by atoms with Gasteiger partial charge in [-0.3, -0.25) is 9.59 Å². The van der Waals surface area contributed by atoms with Crippen molar-refractivity contribution >= 4 is 11.8 Å². The number of ether oxygens (including phenoxy) is 2. The fourth-order valence-electron chi connectivity index (χ4n) is 3.19. The molecule has 2 aliphatic carbocycles. The van der Waals surface area contributed by atoms with Crippen molar-refractivity contribution in [1.29, 1.82) is 0 Å². The summed E-state index contributed by atoms with van der Waals surface area (Å²) in [7, 11) is 1.57. The molecule has 0 amide bonds. The number of carbonyl (C=O) groups is 2. The molecule has 2 aliphatic rings. The van der Waals surface area contributed by atoms with Crippen molar-refractivity contribution in [3.8, 4) is 12.3 Å². The first-order chi connectivity index (χ1) is 10.3.